The molecular formula is C49H67N7O10. The van der Waals surface area contributed by atoms with Gasteiger partial charge in [0.2, 0.25) is 0 Å². The fourth-order valence-electron chi connectivity index (χ4n) is 7.85. The topological polar surface area (TPSA) is 209 Å². The Labute approximate surface area is 387 Å². The number of carboxylic acid groups (broad SMARTS) is 1. The average Bonchev–Trinajstić information content (AvgIpc) is 3.81. The molecule has 0 aliphatic carbocycles. The summed E-state index contributed by atoms with van der Waals surface area (Å²) in [4.78, 5) is 46.7. The predicted octanol–water partition coefficient (Wildman–Crippen LogP) is 8.09. The van der Waals surface area contributed by atoms with Gasteiger partial charge in [-0.25, -0.2) is 4.79 Å². The minimum Gasteiger partial charge on any atom is -0.494 e. The number of amides is 2. The largest absolute Gasteiger partial charge is 0.494 e. The van der Waals surface area contributed by atoms with Gasteiger partial charge in [0.05, 0.1) is 45.7 Å². The number of hydrogen-bond acceptors (Lipinski definition) is 13. The summed E-state index contributed by atoms with van der Waals surface area (Å²) in [6.45, 7) is 10.9. The number of unbranched alkanes of at least 4 members (excludes halogenated alkanes) is 5. The van der Waals surface area contributed by atoms with Gasteiger partial charge >= 0.3 is 12.1 Å². The third kappa shape index (κ3) is 15.7. The van der Waals surface area contributed by atoms with Crippen LogP contribution in [0.3, 0.4) is 0 Å². The number of anilines is 1. The molecule has 358 valence electrons. The third-order valence-electron chi connectivity index (χ3n) is 11.4. The number of hydrogen-bond donors (Lipinski definition) is 4. The second-order valence-electron chi connectivity index (χ2n) is 17.7. The molecule has 2 amide bonds. The minimum atomic E-state index is -0.754. The summed E-state index contributed by atoms with van der Waals surface area (Å²) in [7, 11) is 0. The minimum absolute atomic E-state index is 0.211. The van der Waals surface area contributed by atoms with Gasteiger partial charge in [-0.3, -0.25) is 14.6 Å². The van der Waals surface area contributed by atoms with Gasteiger partial charge in [0.15, 0.2) is 11.6 Å². The molecule has 1 fully saturated rings. The molecule has 0 spiro atoms. The number of aromatic amines is 1. The molecule has 0 unspecified atom stereocenters. The van der Waals surface area contributed by atoms with Crippen molar-refractivity contribution >= 4 is 23.7 Å². The molecule has 2 aromatic heterocycles. The van der Waals surface area contributed by atoms with Gasteiger partial charge in [-0.05, 0) is 114 Å². The van der Waals surface area contributed by atoms with E-state index in [0.717, 1.165) is 66.8 Å². The number of carbonyl (C=O) groups excluding carboxylic acids is 2. The van der Waals surface area contributed by atoms with E-state index in [-0.39, 0.29) is 24.5 Å². The summed E-state index contributed by atoms with van der Waals surface area (Å²) in [5, 5.41) is 24.7. The lowest BCUT2D eigenvalue weighted by atomic mass is 9.86. The van der Waals surface area contributed by atoms with Gasteiger partial charge < -0.3 is 54.0 Å². The van der Waals surface area contributed by atoms with E-state index in [4.69, 9.17) is 33.5 Å². The van der Waals surface area contributed by atoms with Gasteiger partial charge in [0.25, 0.3) is 5.91 Å². The van der Waals surface area contributed by atoms with Crippen molar-refractivity contribution in [3.63, 3.8) is 0 Å². The van der Waals surface area contributed by atoms with Crippen LogP contribution < -0.4 is 20.1 Å². The van der Waals surface area contributed by atoms with E-state index >= 15 is 0 Å². The molecule has 0 saturated carbocycles. The number of fused-ring (bicyclic) bond motifs is 1. The number of aromatic nitrogens is 4. The first-order chi connectivity index (χ1) is 32.0. The highest BCUT2D eigenvalue weighted by atomic mass is 16.6. The molecule has 0 radical (unpaired) electrons. The molecule has 4 aromatic rings. The van der Waals surface area contributed by atoms with Crippen molar-refractivity contribution in [2.24, 2.45) is 0 Å². The van der Waals surface area contributed by atoms with Gasteiger partial charge in [-0.1, -0.05) is 18.9 Å². The fourth-order valence-corrected chi connectivity index (χ4v) is 7.85. The van der Waals surface area contributed by atoms with Gasteiger partial charge in [-0.2, -0.15) is 0 Å². The van der Waals surface area contributed by atoms with Crippen molar-refractivity contribution in [1.82, 2.24) is 30.4 Å². The number of aliphatic carboxylic acids is 1. The van der Waals surface area contributed by atoms with Crippen LogP contribution in [0.15, 0.2) is 67.0 Å². The molecule has 2 aromatic carbocycles. The van der Waals surface area contributed by atoms with Gasteiger partial charge in [-0.15, -0.1) is 10.2 Å². The Kier molecular flexibility index (Phi) is 19.0. The van der Waals surface area contributed by atoms with E-state index in [0.29, 0.717) is 109 Å². The smallest absolute Gasteiger partial charge is 0.410 e. The molecule has 6 rings (SSSR count). The Hall–Kier alpha value is -5.78. The Morgan fingerprint density at radius 1 is 0.833 bits per heavy atom. The van der Waals surface area contributed by atoms with E-state index in [2.05, 4.69) is 30.8 Å². The lowest BCUT2D eigenvalue weighted by molar-refractivity contribution is -0.137. The summed E-state index contributed by atoms with van der Waals surface area (Å²) in [6, 6.07) is 16.7. The highest BCUT2D eigenvalue weighted by Crippen LogP contribution is 2.38. The Morgan fingerprint density at radius 3 is 2.21 bits per heavy atom. The van der Waals surface area contributed by atoms with Crippen LogP contribution in [0.5, 0.6) is 11.5 Å². The monoisotopic (exact) mass is 913 g/mol. The van der Waals surface area contributed by atoms with Crippen molar-refractivity contribution in [2.75, 3.05) is 71.3 Å². The Morgan fingerprint density at radius 2 is 1.52 bits per heavy atom. The number of pyridine rings is 1. The lowest BCUT2D eigenvalue weighted by Crippen LogP contribution is -2.50. The predicted molar refractivity (Wildman–Crippen MR) is 248 cm³/mol. The first kappa shape index (κ1) is 49.6. The number of ether oxygens (including phenoxy) is 6. The first-order valence-electron chi connectivity index (χ1n) is 23.3. The average molecular weight is 914 g/mol. The summed E-state index contributed by atoms with van der Waals surface area (Å²) in [6.07, 6.45) is 11.2. The van der Waals surface area contributed by atoms with Crippen LogP contribution in [-0.2, 0) is 29.3 Å². The number of nitrogens with one attached hydrogen (secondary N) is 3. The zero-order valence-corrected chi connectivity index (χ0v) is 38.7. The van der Waals surface area contributed by atoms with Crippen molar-refractivity contribution in [3.05, 3.63) is 83.9 Å². The summed E-state index contributed by atoms with van der Waals surface area (Å²) < 4.78 is 34.6. The summed E-state index contributed by atoms with van der Waals surface area (Å²) in [5.41, 5.74) is 1.63. The number of nitrogens with zero attached hydrogens (tertiary/aromatic N) is 4. The molecule has 4 N–H and O–H groups in total. The maximum absolute atomic E-state index is 13.9. The number of rotatable bonds is 26. The van der Waals surface area contributed by atoms with Gasteiger partial charge in [0.1, 0.15) is 22.6 Å². The Bertz CT molecular complexity index is 2120. The van der Waals surface area contributed by atoms with Crippen molar-refractivity contribution in [3.8, 4) is 22.9 Å². The summed E-state index contributed by atoms with van der Waals surface area (Å²) >= 11 is 0. The van der Waals surface area contributed by atoms with Crippen molar-refractivity contribution in [1.29, 1.82) is 0 Å². The molecular weight excluding hydrogens is 847 g/mol. The second kappa shape index (κ2) is 25.2. The molecule has 66 heavy (non-hydrogen) atoms. The highest BCUT2D eigenvalue weighted by Gasteiger charge is 2.41. The van der Waals surface area contributed by atoms with Crippen LogP contribution >= 0.6 is 0 Å². The number of piperidine rings is 1. The van der Waals surface area contributed by atoms with Crippen LogP contribution in [0.2, 0.25) is 0 Å². The van der Waals surface area contributed by atoms with E-state index in [1.807, 2.05) is 69.3 Å². The molecule has 17 heteroatoms. The maximum Gasteiger partial charge on any atom is 0.410 e. The molecule has 17 nitrogen and oxygen atoms in total. The molecule has 2 aliphatic heterocycles. The highest BCUT2D eigenvalue weighted by molar-refractivity contribution is 5.95. The quantitative estimate of drug-likeness (QED) is 0.0439. The van der Waals surface area contributed by atoms with Gasteiger partial charge in [0, 0.05) is 73.9 Å². The SMILES string of the molecule is CC(C)(C)OC(=O)N1CCC(Nc2cccc(C(=O)N[C@@H]3CCOc4ccc(OCCCCCCOCCOCCOCCCCCC(=O)O)cc43)c2)(c2nnc(-c3ccncc3)[nH]2)CC1. The van der Waals surface area contributed by atoms with E-state index in [9.17, 15) is 14.4 Å². The lowest BCUT2D eigenvalue weighted by Gasteiger charge is -2.41. The first-order valence-corrected chi connectivity index (χ1v) is 23.3. The van der Waals surface area contributed by atoms with Crippen molar-refractivity contribution < 1.29 is 47.9 Å². The van der Waals surface area contributed by atoms with E-state index < -0.39 is 17.1 Å². The number of carbonyl (C=O) groups is 3. The van der Waals surface area contributed by atoms with E-state index in [1.54, 1.807) is 23.4 Å². The molecule has 0 bridgehead atoms. The van der Waals surface area contributed by atoms with Crippen LogP contribution in [-0.4, -0.2) is 120 Å². The fraction of sp³-hybridized carbons (Fsp3) is 0.551. The Balaban J connectivity index is 0.945. The van der Waals surface area contributed by atoms with Crippen LogP contribution in [0, 0.1) is 0 Å². The molecule has 1 saturated heterocycles. The number of H-pyrrole nitrogens is 1. The van der Waals surface area contributed by atoms with Crippen LogP contribution in [0.25, 0.3) is 11.4 Å². The van der Waals surface area contributed by atoms with Crippen LogP contribution in [0.4, 0.5) is 10.5 Å². The second-order valence-corrected chi connectivity index (χ2v) is 17.7. The zero-order valence-electron chi connectivity index (χ0n) is 38.7. The van der Waals surface area contributed by atoms with E-state index in [1.165, 1.54) is 0 Å². The number of benzene rings is 2. The molecule has 1 atom stereocenters. The number of carboxylic acids is 1. The summed E-state index contributed by atoms with van der Waals surface area (Å²) in [5.74, 6) is 1.74. The zero-order chi connectivity index (χ0) is 46.6. The van der Waals surface area contributed by atoms with Crippen LogP contribution in [0.1, 0.15) is 119 Å². The third-order valence-corrected chi connectivity index (χ3v) is 11.4. The standard InChI is InChI=1S/C49H67N7O10/c1-48(2,3)66-47(60)56-24-20-49(21-25-56,46-52-44(54-55-46)36-17-22-50-23-18-36)53-38-13-11-12-37(34-38)45(59)51-41-19-29-65-42-16-15-39(35-40(41)42)64-28-10-5-4-8-26-61-30-32-63-33-31-62-27-9-6-7-14-43(57)58/h11-13,15-18,22-23,34-35,41,53H,4-10,14,19-21,24-33H2,1-3H3,(H,51,59)(H,57,58)(H,52,54,55)/t41-/m1/s1. The number of likely N-dealkylation sites (tertiary alicyclic amines) is 1. The van der Waals surface area contributed by atoms with Crippen molar-refractivity contribution in [2.45, 2.75) is 109 Å². The molecule has 4 heterocycles. The normalized spacial score (nSPS) is 15.6. The molecule has 2 aliphatic rings. The maximum atomic E-state index is 13.9.